The number of benzene rings is 1. The number of nitrogens with zero attached hydrogens (tertiary/aromatic N) is 1. The highest BCUT2D eigenvalue weighted by Crippen LogP contribution is 2.64. The molecule has 4 aliphatic rings. The summed E-state index contributed by atoms with van der Waals surface area (Å²) in [7, 11) is 4.13. The molecule has 1 fully saturated rings. The normalized spacial score (nSPS) is 35.0. The van der Waals surface area contributed by atoms with Crippen LogP contribution in [0.15, 0.2) is 59.2 Å². The molecule has 1 aromatic rings. The van der Waals surface area contributed by atoms with E-state index >= 15 is 0 Å². The van der Waals surface area contributed by atoms with Crippen LogP contribution in [0.4, 0.5) is 5.69 Å². The molecule has 0 amide bonds. The number of fused-ring (bicyclic) bond motifs is 4. The van der Waals surface area contributed by atoms with Gasteiger partial charge in [0.15, 0.2) is 5.78 Å². The minimum Gasteiger partial charge on any atom is -0.378 e. The van der Waals surface area contributed by atoms with E-state index in [0.29, 0.717) is 18.3 Å². The number of allylic oxidation sites excluding steroid dienone is 5. The van der Waals surface area contributed by atoms with Crippen molar-refractivity contribution in [1.82, 2.24) is 0 Å². The van der Waals surface area contributed by atoms with Crippen molar-refractivity contribution in [3.8, 4) is 11.8 Å². The maximum Gasteiger partial charge on any atom is 0.156 e. The molecule has 33 heavy (non-hydrogen) atoms. The van der Waals surface area contributed by atoms with Gasteiger partial charge in [-0.25, -0.2) is 0 Å². The topological polar surface area (TPSA) is 40.5 Å². The molecular weight excluding hydrogens is 406 g/mol. The third-order valence-electron chi connectivity index (χ3n) is 8.87. The van der Waals surface area contributed by atoms with Gasteiger partial charge in [0.1, 0.15) is 5.60 Å². The minimum absolute atomic E-state index is 0.232. The second kappa shape index (κ2) is 8.03. The summed E-state index contributed by atoms with van der Waals surface area (Å²) in [6, 6.07) is 8.94. The quantitative estimate of drug-likeness (QED) is 0.482. The lowest BCUT2D eigenvalue weighted by Crippen LogP contribution is -2.56. The zero-order valence-corrected chi connectivity index (χ0v) is 20.3. The molecule has 5 atom stereocenters. The molecule has 5 rings (SSSR count). The van der Waals surface area contributed by atoms with Crippen LogP contribution in [0.2, 0.25) is 0 Å². The molecule has 0 saturated heterocycles. The second-order valence-corrected chi connectivity index (χ2v) is 10.8. The van der Waals surface area contributed by atoms with Crippen LogP contribution in [-0.2, 0) is 4.79 Å². The summed E-state index contributed by atoms with van der Waals surface area (Å²) in [6.07, 6.45) is 11.4. The van der Waals surface area contributed by atoms with E-state index in [-0.39, 0.29) is 17.1 Å². The van der Waals surface area contributed by atoms with Crippen molar-refractivity contribution >= 4 is 11.5 Å². The first kappa shape index (κ1) is 22.2. The van der Waals surface area contributed by atoms with Gasteiger partial charge >= 0.3 is 0 Å². The largest absolute Gasteiger partial charge is 0.378 e. The van der Waals surface area contributed by atoms with Crippen LogP contribution in [0, 0.1) is 29.1 Å². The number of rotatable bonds is 2. The van der Waals surface area contributed by atoms with Crippen molar-refractivity contribution in [1.29, 1.82) is 0 Å². The standard InChI is InChI=1S/C30H35NO2/c1-5-16-30(33)17-6-7-27-25-14-10-21-18-23(32)13-15-24(21)28(25)26(19-29(27,30)2)20-8-11-22(12-9-20)31(3)4/h6,8-9,11-12,17-18,25-27,33H,7,10,13-15,19H2,1-4H3/t25-,26+,27-,29-,30-/m0/s1. The van der Waals surface area contributed by atoms with Gasteiger partial charge < -0.3 is 10.0 Å². The molecule has 3 nitrogen and oxygen atoms in total. The fourth-order valence-electron chi connectivity index (χ4n) is 7.14. The predicted molar refractivity (Wildman–Crippen MR) is 134 cm³/mol. The molecule has 0 aromatic heterocycles. The van der Waals surface area contributed by atoms with Gasteiger partial charge in [-0.2, -0.15) is 0 Å². The van der Waals surface area contributed by atoms with E-state index < -0.39 is 5.60 Å². The van der Waals surface area contributed by atoms with Crippen molar-refractivity contribution in [3.63, 3.8) is 0 Å². The Morgan fingerprint density at radius 1 is 1.12 bits per heavy atom. The number of carbonyl (C=O) groups excluding carboxylic acids is 1. The molecule has 1 saturated carbocycles. The summed E-state index contributed by atoms with van der Waals surface area (Å²) >= 11 is 0. The van der Waals surface area contributed by atoms with Gasteiger partial charge in [-0.1, -0.05) is 36.6 Å². The van der Waals surface area contributed by atoms with E-state index in [9.17, 15) is 9.90 Å². The highest BCUT2D eigenvalue weighted by atomic mass is 16.3. The average Bonchev–Trinajstić information content (AvgIpc) is 2.79. The van der Waals surface area contributed by atoms with E-state index in [0.717, 1.165) is 32.1 Å². The van der Waals surface area contributed by atoms with Crippen molar-refractivity contribution < 1.29 is 9.90 Å². The lowest BCUT2D eigenvalue weighted by Gasteiger charge is -2.58. The van der Waals surface area contributed by atoms with Crippen LogP contribution in [0.3, 0.4) is 0 Å². The second-order valence-electron chi connectivity index (χ2n) is 10.8. The van der Waals surface area contributed by atoms with Crippen molar-refractivity contribution in [2.75, 3.05) is 19.0 Å². The monoisotopic (exact) mass is 441 g/mol. The zero-order valence-electron chi connectivity index (χ0n) is 20.3. The molecule has 0 unspecified atom stereocenters. The van der Waals surface area contributed by atoms with Crippen LogP contribution in [0.25, 0.3) is 0 Å². The summed E-state index contributed by atoms with van der Waals surface area (Å²) in [6.45, 7) is 4.09. The van der Waals surface area contributed by atoms with Gasteiger partial charge in [-0.05, 0) is 91.9 Å². The zero-order chi connectivity index (χ0) is 23.4. The highest BCUT2D eigenvalue weighted by Gasteiger charge is 2.59. The smallest absolute Gasteiger partial charge is 0.156 e. The Morgan fingerprint density at radius 2 is 1.88 bits per heavy atom. The molecule has 0 radical (unpaired) electrons. The Bertz CT molecular complexity index is 1130. The van der Waals surface area contributed by atoms with Gasteiger partial charge in [0.25, 0.3) is 0 Å². The summed E-state index contributed by atoms with van der Waals surface area (Å²) < 4.78 is 0. The minimum atomic E-state index is -1.11. The van der Waals surface area contributed by atoms with E-state index in [1.165, 1.54) is 22.4 Å². The van der Waals surface area contributed by atoms with Gasteiger partial charge in [0.05, 0.1) is 0 Å². The highest BCUT2D eigenvalue weighted by molar-refractivity contribution is 5.93. The molecule has 0 aliphatic heterocycles. The maximum absolute atomic E-state index is 12.2. The number of ketones is 1. The van der Waals surface area contributed by atoms with Crippen LogP contribution < -0.4 is 4.90 Å². The summed E-state index contributed by atoms with van der Waals surface area (Å²) in [5.41, 5.74) is 5.32. The third-order valence-corrected chi connectivity index (χ3v) is 8.87. The fourth-order valence-corrected chi connectivity index (χ4v) is 7.14. The molecule has 0 bridgehead atoms. The third kappa shape index (κ3) is 3.42. The molecule has 4 aliphatic carbocycles. The van der Waals surface area contributed by atoms with Crippen LogP contribution in [-0.4, -0.2) is 30.6 Å². The molecule has 1 N–H and O–H groups in total. The first-order valence-electron chi connectivity index (χ1n) is 12.4. The predicted octanol–water partition coefficient (Wildman–Crippen LogP) is 5.57. The molecule has 3 heteroatoms. The summed E-state index contributed by atoms with van der Waals surface area (Å²) in [5, 5.41) is 11.8. The number of carbonyl (C=O) groups is 1. The van der Waals surface area contributed by atoms with Gasteiger partial charge in [-0.15, -0.1) is 5.92 Å². The molecule has 172 valence electrons. The lowest BCUT2D eigenvalue weighted by molar-refractivity contribution is -0.114. The van der Waals surface area contributed by atoms with Crippen LogP contribution in [0.5, 0.6) is 0 Å². The fraction of sp³-hybridized carbons (Fsp3) is 0.500. The van der Waals surface area contributed by atoms with Crippen molar-refractivity contribution in [3.05, 3.63) is 64.8 Å². The van der Waals surface area contributed by atoms with Crippen molar-refractivity contribution in [2.45, 2.75) is 63.9 Å². The van der Waals surface area contributed by atoms with E-state index in [4.69, 9.17) is 0 Å². The lowest BCUT2D eigenvalue weighted by atomic mass is 9.46. The van der Waals surface area contributed by atoms with Crippen LogP contribution in [0.1, 0.15) is 63.9 Å². The Morgan fingerprint density at radius 3 is 2.58 bits per heavy atom. The molecule has 0 spiro atoms. The SMILES string of the molecule is CC#C[C@]1(O)C=CC[C@H]2[C@@H]3CCC4=CC(=O)CCC4=C3[C@@H](c3ccc(N(C)C)cc3)C[C@@]21C. The van der Waals surface area contributed by atoms with Crippen LogP contribution >= 0.6 is 0 Å². The van der Waals surface area contributed by atoms with E-state index in [2.05, 4.69) is 68.1 Å². The summed E-state index contributed by atoms with van der Waals surface area (Å²) in [4.78, 5) is 14.3. The number of anilines is 1. The number of aliphatic hydroxyl groups is 1. The first-order chi connectivity index (χ1) is 15.8. The summed E-state index contributed by atoms with van der Waals surface area (Å²) in [5.74, 6) is 7.48. The van der Waals surface area contributed by atoms with Gasteiger partial charge in [-0.3, -0.25) is 4.79 Å². The number of hydrogen-bond donors (Lipinski definition) is 1. The van der Waals surface area contributed by atoms with E-state index in [1.54, 1.807) is 5.57 Å². The average molecular weight is 442 g/mol. The van der Waals surface area contributed by atoms with Crippen molar-refractivity contribution in [2.24, 2.45) is 17.3 Å². The van der Waals surface area contributed by atoms with Gasteiger partial charge in [0, 0.05) is 37.5 Å². The Kier molecular flexibility index (Phi) is 5.41. The van der Waals surface area contributed by atoms with E-state index in [1.807, 2.05) is 19.1 Å². The van der Waals surface area contributed by atoms with Gasteiger partial charge in [0.2, 0.25) is 0 Å². The maximum atomic E-state index is 12.2. The Hall–Kier alpha value is -2.57. The molecule has 1 aromatic carbocycles. The Labute approximate surface area is 198 Å². The Balaban J connectivity index is 1.69. The first-order valence-corrected chi connectivity index (χ1v) is 12.4. The molecule has 0 heterocycles. The number of hydrogen-bond acceptors (Lipinski definition) is 3. The molecular formula is C30H35NO2.